The number of anilines is 2. The summed E-state index contributed by atoms with van der Waals surface area (Å²) < 4.78 is 45.0. The largest absolute Gasteiger partial charge is 0.377 e. The van der Waals surface area contributed by atoms with Crippen molar-refractivity contribution in [2.45, 2.75) is 0 Å². The van der Waals surface area contributed by atoms with Gasteiger partial charge in [0.15, 0.2) is 5.78 Å². The Kier molecular flexibility index (Phi) is 18.9. The molecule has 4 rings (SSSR count). The fourth-order valence-corrected chi connectivity index (χ4v) is 4.97. The van der Waals surface area contributed by atoms with Gasteiger partial charge in [0.2, 0.25) is 0 Å². The van der Waals surface area contributed by atoms with E-state index in [-0.39, 0.29) is 5.78 Å². The number of benzene rings is 2. The molecule has 2 aliphatic rings. The zero-order valence-corrected chi connectivity index (χ0v) is 28.1. The van der Waals surface area contributed by atoms with E-state index >= 15 is 0 Å². The maximum absolute atomic E-state index is 12.6. The van der Waals surface area contributed by atoms with Crippen LogP contribution in [0.1, 0.15) is 11.1 Å². The predicted molar refractivity (Wildman–Crippen MR) is 187 cm³/mol. The predicted octanol–water partition coefficient (Wildman–Crippen LogP) is 3.76. The third-order valence-electron chi connectivity index (χ3n) is 7.65. The average Bonchev–Trinajstić information content (AvgIpc) is 3.13. The molecule has 2 heterocycles. The number of ketones is 1. The van der Waals surface area contributed by atoms with Crippen LogP contribution in [0.15, 0.2) is 60.7 Å². The second-order valence-corrected chi connectivity index (χ2v) is 11.1. The van der Waals surface area contributed by atoms with Gasteiger partial charge in [0.05, 0.1) is 106 Å². The van der Waals surface area contributed by atoms with Crippen LogP contribution in [0.5, 0.6) is 0 Å². The summed E-state index contributed by atoms with van der Waals surface area (Å²) in [5, 5.41) is 0. The Morgan fingerprint density at radius 2 is 0.646 bits per heavy atom. The Hall–Kier alpha value is -3.13. The lowest BCUT2D eigenvalue weighted by Gasteiger charge is -2.25. The van der Waals surface area contributed by atoms with Gasteiger partial charge in [-0.2, -0.15) is 0 Å². The number of ether oxygens (including phenoxy) is 8. The zero-order chi connectivity index (χ0) is 33.3. The van der Waals surface area contributed by atoms with E-state index in [0.717, 1.165) is 48.7 Å². The molecule has 0 aliphatic carbocycles. The fraction of sp³-hybridized carbons (Fsp3) is 0.541. The number of rotatable bonds is 6. The second kappa shape index (κ2) is 24.1. The molecule has 2 fully saturated rings. The Bertz CT molecular complexity index is 1070. The van der Waals surface area contributed by atoms with Gasteiger partial charge in [0.1, 0.15) is 0 Å². The smallest absolute Gasteiger partial charge is 0.178 e. The minimum Gasteiger partial charge on any atom is -0.377 e. The first-order chi connectivity index (χ1) is 23.8. The van der Waals surface area contributed by atoms with Gasteiger partial charge < -0.3 is 47.7 Å². The van der Waals surface area contributed by atoms with Crippen molar-refractivity contribution >= 4 is 29.3 Å². The lowest BCUT2D eigenvalue weighted by Crippen LogP contribution is -2.31. The van der Waals surface area contributed by atoms with Crippen LogP contribution in [0, 0.1) is 0 Å². The third kappa shape index (κ3) is 15.8. The summed E-state index contributed by atoms with van der Waals surface area (Å²) in [4.78, 5) is 17.1. The van der Waals surface area contributed by atoms with Gasteiger partial charge in [-0.15, -0.1) is 0 Å². The molecule has 0 unspecified atom stereocenters. The van der Waals surface area contributed by atoms with E-state index in [4.69, 9.17) is 37.9 Å². The molecule has 0 spiro atoms. The number of nitrogens with zero attached hydrogens (tertiary/aromatic N) is 2. The van der Waals surface area contributed by atoms with Crippen LogP contribution in [-0.2, 0) is 42.7 Å². The molecule has 48 heavy (non-hydrogen) atoms. The van der Waals surface area contributed by atoms with Crippen molar-refractivity contribution in [1.29, 1.82) is 0 Å². The molecule has 0 radical (unpaired) electrons. The molecule has 11 nitrogen and oxygen atoms in total. The number of hydrogen-bond donors (Lipinski definition) is 0. The van der Waals surface area contributed by atoms with E-state index < -0.39 is 0 Å². The number of carbonyl (C=O) groups excluding carboxylic acids is 1. The molecule has 11 heteroatoms. The molecule has 2 aromatic rings. The van der Waals surface area contributed by atoms with E-state index in [2.05, 4.69) is 34.1 Å². The van der Waals surface area contributed by atoms with Crippen LogP contribution in [0.25, 0.3) is 12.2 Å². The SMILES string of the molecule is O=C(/C=C/c1ccc(N2CCOCCOCCOCCOCC2)cc1)/C=C/c1ccc(N2CCOCCOCCOCCOCC2)cc1. The van der Waals surface area contributed by atoms with Crippen LogP contribution in [0.4, 0.5) is 11.4 Å². The van der Waals surface area contributed by atoms with E-state index in [1.54, 1.807) is 12.2 Å². The maximum Gasteiger partial charge on any atom is 0.178 e. The Morgan fingerprint density at radius 1 is 0.396 bits per heavy atom. The van der Waals surface area contributed by atoms with Gasteiger partial charge in [-0.25, -0.2) is 0 Å². The Morgan fingerprint density at radius 3 is 0.917 bits per heavy atom. The summed E-state index contributed by atoms with van der Waals surface area (Å²) >= 11 is 0. The van der Waals surface area contributed by atoms with Gasteiger partial charge in [-0.1, -0.05) is 36.4 Å². The average molecular weight is 669 g/mol. The molecular formula is C37H52N2O9. The summed E-state index contributed by atoms with van der Waals surface area (Å²) in [7, 11) is 0. The van der Waals surface area contributed by atoms with Gasteiger partial charge in [0.25, 0.3) is 0 Å². The molecule has 264 valence electrons. The van der Waals surface area contributed by atoms with Gasteiger partial charge >= 0.3 is 0 Å². The van der Waals surface area contributed by atoms with Crippen LogP contribution >= 0.6 is 0 Å². The molecule has 0 amide bonds. The molecule has 0 N–H and O–H groups in total. The highest BCUT2D eigenvalue weighted by Gasteiger charge is 2.09. The third-order valence-corrected chi connectivity index (χ3v) is 7.65. The summed E-state index contributed by atoms with van der Waals surface area (Å²) in [6.45, 7) is 12.1. The molecule has 0 bridgehead atoms. The highest BCUT2D eigenvalue weighted by atomic mass is 16.6. The van der Waals surface area contributed by atoms with Crippen LogP contribution in [-0.4, -0.2) is 138 Å². The molecule has 0 aromatic heterocycles. The van der Waals surface area contributed by atoms with Gasteiger partial charge in [-0.05, 0) is 47.5 Å². The molecule has 2 aromatic carbocycles. The van der Waals surface area contributed by atoms with Gasteiger partial charge in [0, 0.05) is 37.6 Å². The summed E-state index contributed by atoms with van der Waals surface area (Å²) in [5.74, 6) is -0.0798. The van der Waals surface area contributed by atoms with Crippen LogP contribution in [0.2, 0.25) is 0 Å². The van der Waals surface area contributed by atoms with Crippen molar-refractivity contribution < 1.29 is 42.7 Å². The summed E-state index contributed by atoms with van der Waals surface area (Å²) in [5.41, 5.74) is 4.05. The first kappa shape index (κ1) is 37.7. The molecule has 0 saturated carbocycles. The van der Waals surface area contributed by atoms with Crippen molar-refractivity contribution in [3.05, 3.63) is 71.8 Å². The zero-order valence-electron chi connectivity index (χ0n) is 28.1. The van der Waals surface area contributed by atoms with Crippen molar-refractivity contribution in [1.82, 2.24) is 0 Å². The number of allylic oxidation sites excluding steroid dienone is 2. The minimum absolute atomic E-state index is 0.0798. The highest BCUT2D eigenvalue weighted by molar-refractivity contribution is 6.04. The van der Waals surface area contributed by atoms with E-state index in [1.807, 2.05) is 36.4 Å². The van der Waals surface area contributed by atoms with Crippen molar-refractivity contribution in [3.63, 3.8) is 0 Å². The van der Waals surface area contributed by atoms with Crippen LogP contribution < -0.4 is 9.80 Å². The Balaban J connectivity index is 1.25. The van der Waals surface area contributed by atoms with E-state index in [9.17, 15) is 4.79 Å². The first-order valence-corrected chi connectivity index (χ1v) is 17.0. The topological polar surface area (TPSA) is 97.4 Å². The fourth-order valence-electron chi connectivity index (χ4n) is 4.97. The van der Waals surface area contributed by atoms with Crippen molar-refractivity contribution in [2.24, 2.45) is 0 Å². The molecule has 0 atom stereocenters. The molecule has 2 aliphatic heterocycles. The van der Waals surface area contributed by atoms with E-state index in [0.29, 0.717) is 106 Å². The quantitative estimate of drug-likeness (QED) is 0.421. The van der Waals surface area contributed by atoms with Crippen LogP contribution in [0.3, 0.4) is 0 Å². The normalized spacial score (nSPS) is 20.1. The monoisotopic (exact) mass is 668 g/mol. The summed E-state index contributed by atoms with van der Waals surface area (Å²) in [6, 6.07) is 16.3. The maximum atomic E-state index is 12.6. The first-order valence-electron chi connectivity index (χ1n) is 17.0. The minimum atomic E-state index is -0.0798. The second-order valence-electron chi connectivity index (χ2n) is 11.1. The lowest BCUT2D eigenvalue weighted by molar-refractivity contribution is -0.110. The lowest BCUT2D eigenvalue weighted by atomic mass is 10.1. The molecular weight excluding hydrogens is 616 g/mol. The number of carbonyl (C=O) groups is 1. The van der Waals surface area contributed by atoms with Gasteiger partial charge in [-0.3, -0.25) is 4.79 Å². The van der Waals surface area contributed by atoms with Crippen molar-refractivity contribution in [3.8, 4) is 0 Å². The number of hydrogen-bond acceptors (Lipinski definition) is 11. The van der Waals surface area contributed by atoms with Crippen molar-refractivity contribution in [2.75, 3.05) is 142 Å². The molecule has 2 saturated heterocycles. The standard InChI is InChI=1S/C37H52N2O9/c40-37(11-5-33-1-7-35(8-2-33)38-13-17-41-21-25-45-29-30-46-26-22-42-18-14-38)12-6-34-3-9-36(10-4-34)39-15-19-43-23-27-47-31-32-48-28-24-44-20-16-39/h1-12H,13-32H2/b11-5+,12-6+. The summed E-state index contributed by atoms with van der Waals surface area (Å²) in [6.07, 6.45) is 6.86. The van der Waals surface area contributed by atoms with E-state index in [1.165, 1.54) is 0 Å². The highest BCUT2D eigenvalue weighted by Crippen LogP contribution is 2.18. The Labute approximate surface area is 285 Å².